The van der Waals surface area contributed by atoms with Crippen LogP contribution in [-0.2, 0) is 15.0 Å². The number of likely N-dealkylation sites (N-methyl/N-ethyl adjacent to an activating group) is 1. The van der Waals surface area contributed by atoms with Crippen LogP contribution in [0.25, 0.3) is 0 Å². The summed E-state index contributed by atoms with van der Waals surface area (Å²) in [4.78, 5) is 11.7. The Bertz CT molecular complexity index is 408. The average Bonchev–Trinajstić information content (AvgIpc) is 2.72. The molecular formula is C12H25N3O3S. The van der Waals surface area contributed by atoms with Gasteiger partial charge in [0.25, 0.3) is 10.2 Å². The maximum absolute atomic E-state index is 12.4. The molecule has 0 aromatic rings. The highest BCUT2D eigenvalue weighted by Crippen LogP contribution is 2.20. The highest BCUT2D eigenvalue weighted by atomic mass is 32.2. The number of hydrogen-bond donors (Lipinski definition) is 1. The van der Waals surface area contributed by atoms with Crippen LogP contribution in [0.3, 0.4) is 0 Å². The van der Waals surface area contributed by atoms with Crippen molar-refractivity contribution in [3.8, 4) is 0 Å². The minimum atomic E-state index is -3.51. The first-order chi connectivity index (χ1) is 8.77. The summed E-state index contributed by atoms with van der Waals surface area (Å²) < 4.78 is 27.5. The lowest BCUT2D eigenvalue weighted by Gasteiger charge is -2.26. The second kappa shape index (κ2) is 6.67. The molecule has 1 aliphatic heterocycles. The Morgan fingerprint density at radius 3 is 2.53 bits per heavy atom. The summed E-state index contributed by atoms with van der Waals surface area (Å²) >= 11 is 0. The van der Waals surface area contributed by atoms with Crippen molar-refractivity contribution in [2.75, 3.05) is 26.2 Å². The molecule has 0 bridgehead atoms. The lowest BCUT2D eigenvalue weighted by Crippen LogP contribution is -2.47. The van der Waals surface area contributed by atoms with Crippen LogP contribution in [0.1, 0.15) is 34.1 Å². The second-order valence-corrected chi connectivity index (χ2v) is 7.34. The summed E-state index contributed by atoms with van der Waals surface area (Å²) in [5.41, 5.74) is 0. The van der Waals surface area contributed by atoms with E-state index in [1.165, 1.54) is 8.61 Å². The summed E-state index contributed by atoms with van der Waals surface area (Å²) in [5.74, 6) is 0.130. The van der Waals surface area contributed by atoms with Crippen molar-refractivity contribution >= 4 is 16.1 Å². The molecule has 19 heavy (non-hydrogen) atoms. The van der Waals surface area contributed by atoms with E-state index in [9.17, 15) is 13.2 Å². The Kier molecular flexibility index (Phi) is 5.76. The van der Waals surface area contributed by atoms with Crippen LogP contribution >= 0.6 is 0 Å². The Labute approximate surface area is 116 Å². The fourth-order valence-corrected chi connectivity index (χ4v) is 3.86. The third kappa shape index (κ3) is 4.43. The predicted molar refractivity (Wildman–Crippen MR) is 74.8 cm³/mol. The molecule has 0 radical (unpaired) electrons. The Balaban J connectivity index is 2.70. The largest absolute Gasteiger partial charge is 0.353 e. The molecule has 0 aliphatic carbocycles. The van der Waals surface area contributed by atoms with Gasteiger partial charge in [-0.25, -0.2) is 0 Å². The summed E-state index contributed by atoms with van der Waals surface area (Å²) in [6, 6.07) is 0.0146. The normalized spacial score (nSPS) is 21.3. The van der Waals surface area contributed by atoms with Crippen molar-refractivity contribution in [3.63, 3.8) is 0 Å². The van der Waals surface area contributed by atoms with Crippen molar-refractivity contribution in [2.45, 2.75) is 40.2 Å². The molecule has 1 amide bonds. The van der Waals surface area contributed by atoms with Crippen LogP contribution in [0.5, 0.6) is 0 Å². The highest BCUT2D eigenvalue weighted by molar-refractivity contribution is 7.86. The van der Waals surface area contributed by atoms with Gasteiger partial charge in [0.1, 0.15) is 0 Å². The molecule has 7 heteroatoms. The van der Waals surface area contributed by atoms with Crippen LogP contribution in [0.2, 0.25) is 0 Å². The van der Waals surface area contributed by atoms with Gasteiger partial charge in [-0.15, -0.1) is 0 Å². The van der Waals surface area contributed by atoms with E-state index in [1.54, 1.807) is 6.92 Å². The van der Waals surface area contributed by atoms with Crippen molar-refractivity contribution in [2.24, 2.45) is 5.92 Å². The van der Waals surface area contributed by atoms with Crippen LogP contribution < -0.4 is 5.32 Å². The van der Waals surface area contributed by atoms with Gasteiger partial charge in [-0.05, 0) is 26.2 Å². The zero-order chi connectivity index (χ0) is 14.6. The third-order valence-electron chi connectivity index (χ3n) is 3.16. The number of carbonyl (C=O) groups excluding carboxylic acids is 1. The molecule has 0 aromatic carbocycles. The maximum atomic E-state index is 12.4. The fourth-order valence-electron chi connectivity index (χ4n) is 2.15. The average molecular weight is 291 g/mol. The molecule has 0 spiro atoms. The molecule has 0 aromatic heterocycles. The molecule has 1 rings (SSSR count). The van der Waals surface area contributed by atoms with Gasteiger partial charge in [-0.3, -0.25) is 4.79 Å². The number of nitrogens with zero attached hydrogens (tertiary/aromatic N) is 2. The van der Waals surface area contributed by atoms with Gasteiger partial charge < -0.3 is 5.32 Å². The smallest absolute Gasteiger partial charge is 0.282 e. The molecular weight excluding hydrogens is 266 g/mol. The van der Waals surface area contributed by atoms with Gasteiger partial charge in [-0.1, -0.05) is 13.8 Å². The van der Waals surface area contributed by atoms with E-state index in [0.29, 0.717) is 25.6 Å². The molecule has 1 atom stereocenters. The predicted octanol–water partition coefficient (Wildman–Crippen LogP) is 0.420. The Morgan fingerprint density at radius 2 is 2.11 bits per heavy atom. The molecule has 1 N–H and O–H groups in total. The van der Waals surface area contributed by atoms with Gasteiger partial charge in [0.15, 0.2) is 0 Å². The SMILES string of the molecule is CCN(CC(=O)NC(C)C)S(=O)(=O)N1CCC(C)C1. The lowest BCUT2D eigenvalue weighted by atomic mass is 10.2. The molecule has 1 fully saturated rings. The van der Waals surface area contributed by atoms with E-state index in [-0.39, 0.29) is 18.5 Å². The van der Waals surface area contributed by atoms with Crippen molar-refractivity contribution < 1.29 is 13.2 Å². The first-order valence-corrected chi connectivity index (χ1v) is 8.21. The van der Waals surface area contributed by atoms with Crippen LogP contribution in [0.4, 0.5) is 0 Å². The lowest BCUT2D eigenvalue weighted by molar-refractivity contribution is -0.121. The Hall–Kier alpha value is -0.660. The van der Waals surface area contributed by atoms with Gasteiger partial charge >= 0.3 is 0 Å². The van der Waals surface area contributed by atoms with Gasteiger partial charge in [0.2, 0.25) is 5.91 Å². The molecule has 1 aliphatic rings. The summed E-state index contributed by atoms with van der Waals surface area (Å²) in [6.45, 7) is 8.78. The number of rotatable bonds is 6. The number of hydrogen-bond acceptors (Lipinski definition) is 3. The molecule has 1 heterocycles. The zero-order valence-corrected chi connectivity index (χ0v) is 13.0. The number of amides is 1. The first-order valence-electron chi connectivity index (χ1n) is 6.82. The van der Waals surface area contributed by atoms with Crippen molar-refractivity contribution in [1.82, 2.24) is 13.9 Å². The summed E-state index contributed by atoms with van der Waals surface area (Å²) in [5, 5.41) is 2.72. The van der Waals surface area contributed by atoms with E-state index in [4.69, 9.17) is 0 Å². The molecule has 1 unspecified atom stereocenters. The standard InChI is InChI=1S/C12H25N3O3S/c1-5-14(9-12(16)13-10(2)3)19(17,18)15-7-6-11(4)8-15/h10-11H,5-9H2,1-4H3,(H,13,16). The topological polar surface area (TPSA) is 69.7 Å². The van der Waals surface area contributed by atoms with Gasteiger partial charge in [-0.2, -0.15) is 17.0 Å². The van der Waals surface area contributed by atoms with Crippen LogP contribution in [-0.4, -0.2) is 55.2 Å². The van der Waals surface area contributed by atoms with E-state index in [2.05, 4.69) is 5.32 Å². The first kappa shape index (κ1) is 16.4. The molecule has 112 valence electrons. The van der Waals surface area contributed by atoms with E-state index >= 15 is 0 Å². The van der Waals surface area contributed by atoms with E-state index < -0.39 is 10.2 Å². The molecule has 0 saturated carbocycles. The van der Waals surface area contributed by atoms with Crippen molar-refractivity contribution in [1.29, 1.82) is 0 Å². The van der Waals surface area contributed by atoms with Crippen LogP contribution in [0, 0.1) is 5.92 Å². The van der Waals surface area contributed by atoms with Crippen molar-refractivity contribution in [3.05, 3.63) is 0 Å². The fraction of sp³-hybridized carbons (Fsp3) is 0.917. The second-order valence-electron chi connectivity index (χ2n) is 5.41. The highest BCUT2D eigenvalue weighted by Gasteiger charge is 2.34. The van der Waals surface area contributed by atoms with Crippen LogP contribution in [0.15, 0.2) is 0 Å². The Morgan fingerprint density at radius 1 is 1.47 bits per heavy atom. The minimum Gasteiger partial charge on any atom is -0.353 e. The summed E-state index contributed by atoms with van der Waals surface area (Å²) in [7, 11) is -3.51. The van der Waals surface area contributed by atoms with E-state index in [1.807, 2.05) is 20.8 Å². The quantitative estimate of drug-likeness (QED) is 0.771. The zero-order valence-electron chi connectivity index (χ0n) is 12.2. The maximum Gasteiger partial charge on any atom is 0.282 e. The van der Waals surface area contributed by atoms with Gasteiger partial charge in [0.05, 0.1) is 6.54 Å². The molecule has 6 nitrogen and oxygen atoms in total. The number of carbonyl (C=O) groups is 1. The van der Waals surface area contributed by atoms with E-state index in [0.717, 1.165) is 6.42 Å². The minimum absolute atomic E-state index is 0.0146. The van der Waals surface area contributed by atoms with Gasteiger partial charge in [0, 0.05) is 25.7 Å². The monoisotopic (exact) mass is 291 g/mol. The number of nitrogens with one attached hydrogen (secondary N) is 1. The molecule has 1 saturated heterocycles. The third-order valence-corrected chi connectivity index (χ3v) is 5.19. The summed E-state index contributed by atoms with van der Waals surface area (Å²) in [6.07, 6.45) is 0.884.